The van der Waals surface area contributed by atoms with Gasteiger partial charge in [-0.2, -0.15) is 0 Å². The lowest BCUT2D eigenvalue weighted by atomic mass is 10.0. The van der Waals surface area contributed by atoms with Crippen LogP contribution < -0.4 is 5.32 Å². The first-order valence-electron chi connectivity index (χ1n) is 6.82. The summed E-state index contributed by atoms with van der Waals surface area (Å²) in [5.41, 5.74) is 0.739. The molecule has 7 heteroatoms. The molecule has 0 radical (unpaired) electrons. The number of hydrogen-bond acceptors (Lipinski definition) is 4. The van der Waals surface area contributed by atoms with Gasteiger partial charge < -0.3 is 20.6 Å². The van der Waals surface area contributed by atoms with Crippen molar-refractivity contribution in [1.82, 2.24) is 5.32 Å². The number of nitrogens with one attached hydrogen (secondary N) is 1. The van der Waals surface area contributed by atoms with Crippen molar-refractivity contribution in [3.8, 4) is 12.3 Å². The second kappa shape index (κ2) is 8.56. The van der Waals surface area contributed by atoms with Gasteiger partial charge in [-0.3, -0.25) is 9.59 Å². The van der Waals surface area contributed by atoms with E-state index in [0.717, 1.165) is 0 Å². The van der Waals surface area contributed by atoms with E-state index in [1.165, 1.54) is 24.3 Å². The van der Waals surface area contributed by atoms with Gasteiger partial charge in [-0.1, -0.05) is 12.1 Å². The number of carbonyl (C=O) groups is 3. The Hall–Kier alpha value is -2.85. The van der Waals surface area contributed by atoms with Gasteiger partial charge in [0.25, 0.3) is 5.91 Å². The lowest BCUT2D eigenvalue weighted by Gasteiger charge is -2.14. The van der Waals surface area contributed by atoms with E-state index in [-0.39, 0.29) is 24.8 Å². The molecule has 4 N–H and O–H groups in total. The van der Waals surface area contributed by atoms with E-state index in [9.17, 15) is 19.5 Å². The number of aliphatic carboxylic acids is 2. The van der Waals surface area contributed by atoms with Gasteiger partial charge in [0.2, 0.25) is 0 Å². The summed E-state index contributed by atoms with van der Waals surface area (Å²) >= 11 is 0. The molecule has 0 saturated heterocycles. The zero-order valence-corrected chi connectivity index (χ0v) is 12.2. The van der Waals surface area contributed by atoms with Crippen LogP contribution in [0.25, 0.3) is 0 Å². The summed E-state index contributed by atoms with van der Waals surface area (Å²) in [4.78, 5) is 33.5. The topological polar surface area (TPSA) is 124 Å². The van der Waals surface area contributed by atoms with Gasteiger partial charge >= 0.3 is 11.9 Å². The van der Waals surface area contributed by atoms with E-state index in [1.807, 2.05) is 0 Å². The normalized spacial score (nSPS) is 12.7. The fourth-order valence-electron chi connectivity index (χ4n) is 1.85. The molecular formula is C16H17NO6. The number of amides is 1. The summed E-state index contributed by atoms with van der Waals surface area (Å²) < 4.78 is 0. The highest BCUT2D eigenvalue weighted by Gasteiger charge is 2.21. The summed E-state index contributed by atoms with van der Waals surface area (Å²) in [5, 5.41) is 29.6. The number of aliphatic hydroxyl groups excluding tert-OH is 1. The number of carboxylic acids is 2. The van der Waals surface area contributed by atoms with E-state index in [2.05, 4.69) is 11.2 Å². The Kier molecular flexibility index (Phi) is 6.77. The Balaban J connectivity index is 2.74. The minimum absolute atomic E-state index is 0.141. The zero-order chi connectivity index (χ0) is 17.4. The van der Waals surface area contributed by atoms with Crippen molar-refractivity contribution in [2.24, 2.45) is 0 Å². The number of benzene rings is 1. The van der Waals surface area contributed by atoms with Crippen LogP contribution >= 0.6 is 0 Å². The third kappa shape index (κ3) is 5.80. The number of terminal acetylenes is 1. The van der Waals surface area contributed by atoms with Crippen LogP contribution in [0.2, 0.25) is 0 Å². The van der Waals surface area contributed by atoms with Gasteiger partial charge in [-0.15, -0.1) is 12.3 Å². The standard InChI is InChI=1S/C16H17NO6/c1-2-3-13(18)10-4-6-11(7-5-10)15(21)17-12(16(22)23)8-9-14(19)20/h1,4-7,12-13,18H,3,8-9H2,(H,17,21)(H,19,20)(H,22,23)/t12-,13?/m0/s1. The number of carbonyl (C=O) groups excluding carboxylic acids is 1. The SMILES string of the molecule is C#CCC(O)c1ccc(C(=O)N[C@@H](CCC(=O)O)C(=O)O)cc1. The van der Waals surface area contributed by atoms with Crippen molar-refractivity contribution in [2.45, 2.75) is 31.4 Å². The van der Waals surface area contributed by atoms with Crippen LogP contribution in [-0.2, 0) is 9.59 Å². The average molecular weight is 319 g/mol. The molecule has 1 aromatic rings. The minimum Gasteiger partial charge on any atom is -0.481 e. The molecule has 0 aliphatic rings. The molecule has 0 aliphatic carbocycles. The van der Waals surface area contributed by atoms with E-state index in [1.54, 1.807) is 0 Å². The quantitative estimate of drug-likeness (QED) is 0.525. The molecule has 0 bridgehead atoms. The number of aliphatic hydroxyl groups is 1. The first-order chi connectivity index (χ1) is 10.8. The van der Waals surface area contributed by atoms with Gasteiger partial charge in [0.15, 0.2) is 0 Å². The van der Waals surface area contributed by atoms with Crippen LogP contribution in [0, 0.1) is 12.3 Å². The predicted octanol–water partition coefficient (Wildman–Crippen LogP) is 0.791. The maximum absolute atomic E-state index is 12.0. The number of carboxylic acid groups (broad SMARTS) is 2. The fraction of sp³-hybridized carbons (Fsp3) is 0.312. The van der Waals surface area contributed by atoms with Gasteiger partial charge in [0, 0.05) is 18.4 Å². The molecule has 0 saturated carbocycles. The molecule has 122 valence electrons. The lowest BCUT2D eigenvalue weighted by Crippen LogP contribution is -2.41. The highest BCUT2D eigenvalue weighted by Crippen LogP contribution is 2.16. The van der Waals surface area contributed by atoms with Crippen molar-refractivity contribution < 1.29 is 29.7 Å². The summed E-state index contributed by atoms with van der Waals surface area (Å²) in [7, 11) is 0. The molecule has 0 aliphatic heterocycles. The third-order valence-corrected chi connectivity index (χ3v) is 3.12. The van der Waals surface area contributed by atoms with Crippen molar-refractivity contribution in [1.29, 1.82) is 0 Å². The Labute approximate surface area is 132 Å². The molecule has 0 aromatic heterocycles. The Morgan fingerprint density at radius 2 is 1.78 bits per heavy atom. The molecule has 1 rings (SSSR count). The predicted molar refractivity (Wildman–Crippen MR) is 80.6 cm³/mol. The van der Waals surface area contributed by atoms with Gasteiger partial charge in [0.05, 0.1) is 6.10 Å². The van der Waals surface area contributed by atoms with Crippen LogP contribution in [-0.4, -0.2) is 39.2 Å². The summed E-state index contributed by atoms with van der Waals surface area (Å²) in [6.07, 6.45) is 3.83. The van der Waals surface area contributed by atoms with Gasteiger partial charge in [-0.05, 0) is 24.1 Å². The zero-order valence-electron chi connectivity index (χ0n) is 12.2. The van der Waals surface area contributed by atoms with E-state index in [0.29, 0.717) is 5.56 Å². The highest BCUT2D eigenvalue weighted by atomic mass is 16.4. The summed E-state index contributed by atoms with van der Waals surface area (Å²) in [6, 6.07) is 4.61. The first kappa shape index (κ1) is 18.2. The molecule has 2 atom stereocenters. The van der Waals surface area contributed by atoms with Crippen molar-refractivity contribution in [3.05, 3.63) is 35.4 Å². The molecular weight excluding hydrogens is 302 g/mol. The summed E-state index contributed by atoms with van der Waals surface area (Å²) in [5.74, 6) is -0.762. The molecule has 0 fully saturated rings. The van der Waals surface area contributed by atoms with E-state index >= 15 is 0 Å². The van der Waals surface area contributed by atoms with Crippen molar-refractivity contribution >= 4 is 17.8 Å². The monoisotopic (exact) mass is 319 g/mol. The van der Waals surface area contributed by atoms with Crippen LogP contribution in [0.15, 0.2) is 24.3 Å². The van der Waals surface area contributed by atoms with Crippen molar-refractivity contribution in [3.63, 3.8) is 0 Å². The van der Waals surface area contributed by atoms with Crippen LogP contribution in [0.3, 0.4) is 0 Å². The third-order valence-electron chi connectivity index (χ3n) is 3.12. The minimum atomic E-state index is -1.30. The summed E-state index contributed by atoms with van der Waals surface area (Å²) in [6.45, 7) is 0. The maximum atomic E-state index is 12.0. The van der Waals surface area contributed by atoms with Crippen molar-refractivity contribution in [2.75, 3.05) is 0 Å². The molecule has 0 spiro atoms. The molecule has 23 heavy (non-hydrogen) atoms. The molecule has 1 amide bonds. The Bertz CT molecular complexity index is 616. The fourth-order valence-corrected chi connectivity index (χ4v) is 1.85. The largest absolute Gasteiger partial charge is 0.481 e. The lowest BCUT2D eigenvalue weighted by molar-refractivity contribution is -0.140. The smallest absolute Gasteiger partial charge is 0.326 e. The second-order valence-electron chi connectivity index (χ2n) is 4.84. The van der Waals surface area contributed by atoms with Gasteiger partial charge in [-0.25, -0.2) is 4.79 Å². The van der Waals surface area contributed by atoms with E-state index < -0.39 is 30.0 Å². The second-order valence-corrected chi connectivity index (χ2v) is 4.84. The Morgan fingerprint density at radius 3 is 2.26 bits per heavy atom. The van der Waals surface area contributed by atoms with Crippen LogP contribution in [0.4, 0.5) is 0 Å². The number of rotatable bonds is 8. The maximum Gasteiger partial charge on any atom is 0.326 e. The molecule has 1 aromatic carbocycles. The molecule has 1 unspecified atom stereocenters. The highest BCUT2D eigenvalue weighted by molar-refractivity contribution is 5.96. The molecule has 7 nitrogen and oxygen atoms in total. The first-order valence-corrected chi connectivity index (χ1v) is 6.82. The molecule has 0 heterocycles. The van der Waals surface area contributed by atoms with E-state index in [4.69, 9.17) is 16.6 Å². The van der Waals surface area contributed by atoms with Gasteiger partial charge in [0.1, 0.15) is 6.04 Å². The van der Waals surface area contributed by atoms with Crippen LogP contribution in [0.5, 0.6) is 0 Å². The Morgan fingerprint density at radius 1 is 1.17 bits per heavy atom. The van der Waals surface area contributed by atoms with Crippen LogP contribution in [0.1, 0.15) is 41.3 Å². The number of hydrogen-bond donors (Lipinski definition) is 4. The average Bonchev–Trinajstić information content (AvgIpc) is 2.51.